The second-order valence-electron chi connectivity index (χ2n) is 6.10. The lowest BCUT2D eigenvalue weighted by atomic mass is 10.1. The molecule has 0 atom stereocenters. The van der Waals surface area contributed by atoms with E-state index >= 15 is 0 Å². The van der Waals surface area contributed by atoms with E-state index in [2.05, 4.69) is 4.98 Å². The van der Waals surface area contributed by atoms with Crippen molar-refractivity contribution in [3.05, 3.63) is 42.0 Å². The second kappa shape index (κ2) is 7.94. The van der Waals surface area contributed by atoms with E-state index in [1.807, 2.05) is 24.3 Å². The van der Waals surface area contributed by atoms with Crippen LogP contribution in [0.4, 0.5) is 4.79 Å². The lowest BCUT2D eigenvalue weighted by molar-refractivity contribution is 0.0665. The summed E-state index contributed by atoms with van der Waals surface area (Å²) in [6.07, 6.45) is 0. The maximum Gasteiger partial charge on any atom is 0.314 e. The standard InChI is InChI=1S/C19H22N4O4/c1-26-14-5-3-4-13(12-14)16-7-6-15(17(21-16)27-2)18(24)22-8-10-23(11-9-22)19(20)25/h3-7,12H,8-11H2,1-2H3,(H2,20,25). The largest absolute Gasteiger partial charge is 0.497 e. The Morgan fingerprint density at radius 2 is 1.70 bits per heavy atom. The van der Waals surface area contributed by atoms with Crippen LogP contribution in [0.15, 0.2) is 36.4 Å². The van der Waals surface area contributed by atoms with Gasteiger partial charge in [-0.15, -0.1) is 0 Å². The number of hydrogen-bond acceptors (Lipinski definition) is 5. The average Bonchev–Trinajstić information content (AvgIpc) is 2.72. The number of piperazine rings is 1. The molecule has 142 valence electrons. The highest BCUT2D eigenvalue weighted by Crippen LogP contribution is 2.27. The zero-order valence-corrected chi connectivity index (χ0v) is 15.3. The third-order valence-corrected chi connectivity index (χ3v) is 4.53. The lowest BCUT2D eigenvalue weighted by Gasteiger charge is -2.33. The minimum atomic E-state index is -0.469. The van der Waals surface area contributed by atoms with Crippen molar-refractivity contribution in [1.82, 2.24) is 14.8 Å². The van der Waals surface area contributed by atoms with E-state index in [-0.39, 0.29) is 11.8 Å². The Morgan fingerprint density at radius 3 is 2.33 bits per heavy atom. The van der Waals surface area contributed by atoms with Crippen molar-refractivity contribution in [2.45, 2.75) is 0 Å². The van der Waals surface area contributed by atoms with E-state index in [1.54, 1.807) is 24.1 Å². The molecule has 1 saturated heterocycles. The monoisotopic (exact) mass is 370 g/mol. The number of carbonyl (C=O) groups is 2. The molecular weight excluding hydrogens is 348 g/mol. The number of urea groups is 1. The third kappa shape index (κ3) is 3.94. The quantitative estimate of drug-likeness (QED) is 0.882. The van der Waals surface area contributed by atoms with Crippen LogP contribution in [-0.4, -0.2) is 67.1 Å². The lowest BCUT2D eigenvalue weighted by Crippen LogP contribution is -2.52. The highest BCUT2D eigenvalue weighted by molar-refractivity contribution is 5.97. The molecule has 1 aromatic heterocycles. The van der Waals surface area contributed by atoms with E-state index in [4.69, 9.17) is 15.2 Å². The Kier molecular flexibility index (Phi) is 5.44. The Labute approximate surface area is 157 Å². The molecule has 0 spiro atoms. The van der Waals surface area contributed by atoms with E-state index in [0.717, 1.165) is 11.3 Å². The zero-order valence-electron chi connectivity index (χ0n) is 15.3. The smallest absolute Gasteiger partial charge is 0.314 e. The van der Waals surface area contributed by atoms with Gasteiger partial charge < -0.3 is 25.0 Å². The zero-order chi connectivity index (χ0) is 19.4. The number of rotatable bonds is 4. The van der Waals surface area contributed by atoms with E-state index in [1.165, 1.54) is 12.0 Å². The number of benzene rings is 1. The van der Waals surface area contributed by atoms with Crippen LogP contribution in [0.3, 0.4) is 0 Å². The van der Waals surface area contributed by atoms with E-state index in [0.29, 0.717) is 37.4 Å². The van der Waals surface area contributed by atoms with E-state index in [9.17, 15) is 9.59 Å². The topological polar surface area (TPSA) is 98.0 Å². The molecule has 0 radical (unpaired) electrons. The Balaban J connectivity index is 1.82. The molecule has 8 nitrogen and oxygen atoms in total. The number of pyridine rings is 1. The molecule has 1 fully saturated rings. The number of amides is 3. The van der Waals surface area contributed by atoms with Crippen LogP contribution in [0.2, 0.25) is 0 Å². The van der Waals surface area contributed by atoms with Gasteiger partial charge in [0.05, 0.1) is 19.9 Å². The van der Waals surface area contributed by atoms with E-state index < -0.39 is 6.03 Å². The normalized spacial score (nSPS) is 14.0. The number of hydrogen-bond donors (Lipinski definition) is 1. The van der Waals surface area contributed by atoms with Gasteiger partial charge in [-0.05, 0) is 24.3 Å². The van der Waals surface area contributed by atoms with Gasteiger partial charge in [0, 0.05) is 31.7 Å². The van der Waals surface area contributed by atoms with Crippen LogP contribution >= 0.6 is 0 Å². The van der Waals surface area contributed by atoms with Crippen molar-refractivity contribution in [1.29, 1.82) is 0 Å². The van der Waals surface area contributed by atoms with Gasteiger partial charge in [-0.25, -0.2) is 9.78 Å². The summed E-state index contributed by atoms with van der Waals surface area (Å²) in [5, 5.41) is 0. The first-order valence-electron chi connectivity index (χ1n) is 8.56. The summed E-state index contributed by atoms with van der Waals surface area (Å²) in [6, 6.07) is 10.5. The average molecular weight is 370 g/mol. The number of aromatic nitrogens is 1. The summed E-state index contributed by atoms with van der Waals surface area (Å²) in [5.41, 5.74) is 7.21. The van der Waals surface area contributed by atoms with Crippen molar-refractivity contribution in [3.63, 3.8) is 0 Å². The summed E-state index contributed by atoms with van der Waals surface area (Å²) < 4.78 is 10.6. The number of methoxy groups -OCH3 is 2. The first-order valence-corrected chi connectivity index (χ1v) is 8.56. The summed E-state index contributed by atoms with van der Waals surface area (Å²) in [4.78, 5) is 31.8. The number of nitrogens with zero attached hydrogens (tertiary/aromatic N) is 3. The molecule has 2 heterocycles. The van der Waals surface area contributed by atoms with Gasteiger partial charge >= 0.3 is 6.03 Å². The first kappa shape index (κ1) is 18.5. The van der Waals surface area contributed by atoms with Crippen molar-refractivity contribution in [3.8, 4) is 22.9 Å². The minimum Gasteiger partial charge on any atom is -0.497 e. The molecule has 2 N–H and O–H groups in total. The Morgan fingerprint density at radius 1 is 1.00 bits per heavy atom. The van der Waals surface area contributed by atoms with Crippen LogP contribution in [0.5, 0.6) is 11.6 Å². The first-order chi connectivity index (χ1) is 13.0. The SMILES string of the molecule is COc1cccc(-c2ccc(C(=O)N3CCN(C(N)=O)CC3)c(OC)n2)c1. The van der Waals surface area contributed by atoms with Gasteiger partial charge in [0.2, 0.25) is 5.88 Å². The fourth-order valence-corrected chi connectivity index (χ4v) is 3.00. The predicted molar refractivity (Wildman–Crippen MR) is 99.8 cm³/mol. The highest BCUT2D eigenvalue weighted by Gasteiger charge is 2.26. The fraction of sp³-hybridized carbons (Fsp3) is 0.316. The molecule has 0 bridgehead atoms. The van der Waals surface area contributed by atoms with Crippen LogP contribution in [-0.2, 0) is 0 Å². The maximum absolute atomic E-state index is 12.9. The highest BCUT2D eigenvalue weighted by atomic mass is 16.5. The molecule has 0 saturated carbocycles. The second-order valence-corrected chi connectivity index (χ2v) is 6.10. The summed E-state index contributed by atoms with van der Waals surface area (Å²) in [6.45, 7) is 1.67. The molecule has 1 aliphatic rings. The number of primary amides is 1. The predicted octanol–water partition coefficient (Wildman–Crippen LogP) is 1.60. The molecule has 0 unspecified atom stereocenters. The summed E-state index contributed by atoms with van der Waals surface area (Å²) in [5.74, 6) is 0.805. The molecule has 2 aromatic rings. The Hall–Kier alpha value is -3.29. The van der Waals surface area contributed by atoms with Gasteiger partial charge in [0.1, 0.15) is 11.3 Å². The van der Waals surface area contributed by atoms with Gasteiger partial charge in [-0.2, -0.15) is 0 Å². The van der Waals surface area contributed by atoms with Crippen LogP contribution < -0.4 is 15.2 Å². The molecule has 27 heavy (non-hydrogen) atoms. The number of ether oxygens (including phenoxy) is 2. The fourth-order valence-electron chi connectivity index (χ4n) is 3.00. The molecule has 0 aliphatic carbocycles. The van der Waals surface area contributed by atoms with Gasteiger partial charge in [0.15, 0.2) is 0 Å². The van der Waals surface area contributed by atoms with Crippen molar-refractivity contribution in [2.24, 2.45) is 5.73 Å². The Bertz CT molecular complexity index is 847. The molecule has 8 heteroatoms. The molecular formula is C19H22N4O4. The molecule has 3 rings (SSSR count). The molecule has 3 amide bonds. The molecule has 1 aromatic carbocycles. The van der Waals surface area contributed by atoms with Gasteiger partial charge in [0.25, 0.3) is 5.91 Å². The summed E-state index contributed by atoms with van der Waals surface area (Å²) in [7, 11) is 3.09. The van der Waals surface area contributed by atoms with Crippen LogP contribution in [0.25, 0.3) is 11.3 Å². The van der Waals surface area contributed by atoms with Crippen LogP contribution in [0, 0.1) is 0 Å². The van der Waals surface area contributed by atoms with Crippen LogP contribution in [0.1, 0.15) is 10.4 Å². The van der Waals surface area contributed by atoms with Gasteiger partial charge in [-0.3, -0.25) is 4.79 Å². The number of nitrogens with two attached hydrogens (primary N) is 1. The van der Waals surface area contributed by atoms with Crippen molar-refractivity contribution >= 4 is 11.9 Å². The number of carbonyl (C=O) groups excluding carboxylic acids is 2. The maximum atomic E-state index is 12.9. The minimum absolute atomic E-state index is 0.180. The van der Waals surface area contributed by atoms with Crippen molar-refractivity contribution < 1.29 is 19.1 Å². The van der Waals surface area contributed by atoms with Gasteiger partial charge in [-0.1, -0.05) is 12.1 Å². The molecule has 1 aliphatic heterocycles. The third-order valence-electron chi connectivity index (χ3n) is 4.53. The van der Waals surface area contributed by atoms with Crippen molar-refractivity contribution in [2.75, 3.05) is 40.4 Å². The summed E-state index contributed by atoms with van der Waals surface area (Å²) >= 11 is 0.